The van der Waals surface area contributed by atoms with Gasteiger partial charge in [-0.15, -0.1) is 0 Å². The Morgan fingerprint density at radius 2 is 1.94 bits per heavy atom. The van der Waals surface area contributed by atoms with Crippen LogP contribution in [0.4, 0.5) is 5.69 Å². The Labute approximate surface area is 196 Å². The van der Waals surface area contributed by atoms with Crippen LogP contribution < -0.4 is 10.9 Å². The van der Waals surface area contributed by atoms with Crippen molar-refractivity contribution < 1.29 is 14.6 Å². The van der Waals surface area contributed by atoms with Crippen molar-refractivity contribution in [1.29, 1.82) is 0 Å². The Morgan fingerprint density at radius 1 is 1.21 bits per heavy atom. The van der Waals surface area contributed by atoms with Gasteiger partial charge in [-0.1, -0.05) is 23.7 Å². The smallest absolute Gasteiger partial charge is 0.337 e. The first-order valence-corrected chi connectivity index (χ1v) is 11.7. The van der Waals surface area contributed by atoms with Crippen LogP contribution in [0.1, 0.15) is 72.4 Å². The average Bonchev–Trinajstić information content (AvgIpc) is 3.65. The molecule has 2 fully saturated rings. The van der Waals surface area contributed by atoms with Crippen molar-refractivity contribution in [1.82, 2.24) is 9.55 Å². The monoisotopic (exact) mass is 467 g/mol. The quantitative estimate of drug-likeness (QED) is 0.520. The molecule has 2 heterocycles. The second kappa shape index (κ2) is 8.80. The van der Waals surface area contributed by atoms with E-state index in [1.807, 2.05) is 17.6 Å². The molecule has 1 aliphatic carbocycles. The maximum atomic E-state index is 13.6. The summed E-state index contributed by atoms with van der Waals surface area (Å²) in [5, 5.41) is 13.8. The number of aromatic nitrogens is 2. The van der Waals surface area contributed by atoms with Crippen LogP contribution in [-0.2, 0) is 4.74 Å². The number of hydrogen-bond donors (Lipinski definition) is 2. The summed E-state index contributed by atoms with van der Waals surface area (Å²) in [6.45, 7) is 3.26. The van der Waals surface area contributed by atoms with Crippen molar-refractivity contribution in [2.45, 2.75) is 50.6 Å². The van der Waals surface area contributed by atoms with E-state index in [4.69, 9.17) is 21.3 Å². The Hall–Kier alpha value is -2.90. The number of hydrogen-bond acceptors (Lipinski definition) is 5. The summed E-state index contributed by atoms with van der Waals surface area (Å²) in [5.74, 6) is 0.00416. The molecule has 3 aromatic rings. The fraction of sp³-hybridized carbons (Fsp3) is 0.400. The van der Waals surface area contributed by atoms with Gasteiger partial charge in [0.05, 0.1) is 22.5 Å². The van der Waals surface area contributed by atoms with Crippen molar-refractivity contribution in [3.05, 3.63) is 68.7 Å². The first-order chi connectivity index (χ1) is 15.9. The lowest BCUT2D eigenvalue weighted by molar-refractivity contribution is 0.0698. The van der Waals surface area contributed by atoms with Gasteiger partial charge in [-0.05, 0) is 56.9 Å². The summed E-state index contributed by atoms with van der Waals surface area (Å²) in [7, 11) is 0. The number of aromatic carboxylic acids is 1. The van der Waals surface area contributed by atoms with Crippen LogP contribution in [0.15, 0.2) is 41.2 Å². The van der Waals surface area contributed by atoms with Crippen molar-refractivity contribution in [2.75, 3.05) is 18.5 Å². The second-order valence-electron chi connectivity index (χ2n) is 8.87. The standard InChI is InChI=1S/C25H26ClN3O4/c1-14(27-21-5-3-2-4-18(21)25(31)32)19-12-16(26)13-20-22(19)28-23(15-8-10-33-11-9-15)29(24(20)30)17-6-7-17/h2-5,12-15,17,27H,6-11H2,1H3,(H,31,32)/t14-/m1/s1. The molecule has 0 unspecified atom stereocenters. The molecule has 8 heteroatoms. The number of carboxylic acid groups (broad SMARTS) is 1. The van der Waals surface area contributed by atoms with E-state index in [0.29, 0.717) is 34.8 Å². The van der Waals surface area contributed by atoms with Gasteiger partial charge in [-0.3, -0.25) is 9.36 Å². The van der Waals surface area contributed by atoms with Crippen LogP contribution in [0, 0.1) is 0 Å². The highest BCUT2D eigenvalue weighted by Crippen LogP contribution is 2.39. The van der Waals surface area contributed by atoms with E-state index in [2.05, 4.69) is 5.32 Å². The van der Waals surface area contributed by atoms with Gasteiger partial charge >= 0.3 is 5.97 Å². The van der Waals surface area contributed by atoms with Gasteiger partial charge in [0.15, 0.2) is 0 Å². The van der Waals surface area contributed by atoms with Crippen molar-refractivity contribution >= 4 is 34.2 Å². The number of ether oxygens (including phenoxy) is 1. The first kappa shape index (κ1) is 21.9. The Balaban J connectivity index is 1.64. The number of rotatable bonds is 6. The van der Waals surface area contributed by atoms with E-state index in [1.165, 1.54) is 0 Å². The molecule has 2 aliphatic rings. The number of nitrogens with one attached hydrogen (secondary N) is 1. The number of para-hydroxylation sites is 1. The van der Waals surface area contributed by atoms with Crippen molar-refractivity contribution in [3.8, 4) is 0 Å². The number of anilines is 1. The van der Waals surface area contributed by atoms with E-state index in [9.17, 15) is 14.7 Å². The fourth-order valence-electron chi connectivity index (χ4n) is 4.68. The fourth-order valence-corrected chi connectivity index (χ4v) is 4.90. The van der Waals surface area contributed by atoms with E-state index >= 15 is 0 Å². The number of carboxylic acids is 1. The zero-order valence-electron chi connectivity index (χ0n) is 18.4. The van der Waals surface area contributed by atoms with Crippen LogP contribution in [0.3, 0.4) is 0 Å². The topological polar surface area (TPSA) is 93.5 Å². The minimum Gasteiger partial charge on any atom is -0.478 e. The molecule has 1 saturated heterocycles. The number of nitrogens with zero attached hydrogens (tertiary/aromatic N) is 2. The Kier molecular flexibility index (Phi) is 5.85. The molecule has 0 spiro atoms. The summed E-state index contributed by atoms with van der Waals surface area (Å²) in [6, 6.07) is 10.2. The summed E-state index contributed by atoms with van der Waals surface area (Å²) in [6.07, 6.45) is 3.65. The van der Waals surface area contributed by atoms with Gasteiger partial charge in [0.1, 0.15) is 5.82 Å². The average molecular weight is 468 g/mol. The molecule has 0 amide bonds. The number of benzene rings is 2. The summed E-state index contributed by atoms with van der Waals surface area (Å²) >= 11 is 6.45. The van der Waals surface area contributed by atoms with Crippen LogP contribution in [0.2, 0.25) is 5.02 Å². The third kappa shape index (κ3) is 4.23. The van der Waals surface area contributed by atoms with Crippen LogP contribution in [0.25, 0.3) is 10.9 Å². The van der Waals surface area contributed by atoms with Gasteiger partial charge in [-0.2, -0.15) is 0 Å². The summed E-state index contributed by atoms with van der Waals surface area (Å²) < 4.78 is 7.42. The molecule has 7 nitrogen and oxygen atoms in total. The molecule has 172 valence electrons. The van der Waals surface area contributed by atoms with E-state index in [1.54, 1.807) is 30.3 Å². The molecular formula is C25H26ClN3O4. The lowest BCUT2D eigenvalue weighted by atomic mass is 9.97. The Bertz CT molecular complexity index is 1280. The van der Waals surface area contributed by atoms with E-state index in [-0.39, 0.29) is 29.1 Å². The number of halogens is 1. The molecule has 1 saturated carbocycles. The maximum absolute atomic E-state index is 13.6. The highest BCUT2D eigenvalue weighted by Gasteiger charge is 2.32. The largest absolute Gasteiger partial charge is 0.478 e. The normalized spacial score (nSPS) is 17.8. The third-order valence-corrected chi connectivity index (χ3v) is 6.74. The highest BCUT2D eigenvalue weighted by atomic mass is 35.5. The SMILES string of the molecule is C[C@@H](Nc1ccccc1C(=O)O)c1cc(Cl)cc2c(=O)n(C3CC3)c(C3CCOCC3)nc12. The minimum absolute atomic E-state index is 0.0501. The Morgan fingerprint density at radius 3 is 2.64 bits per heavy atom. The lowest BCUT2D eigenvalue weighted by Crippen LogP contribution is -2.29. The molecule has 1 aromatic heterocycles. The van der Waals surface area contributed by atoms with E-state index in [0.717, 1.165) is 37.1 Å². The van der Waals surface area contributed by atoms with E-state index < -0.39 is 5.97 Å². The highest BCUT2D eigenvalue weighted by molar-refractivity contribution is 6.31. The van der Waals surface area contributed by atoms with Crippen molar-refractivity contribution in [2.24, 2.45) is 0 Å². The molecule has 5 rings (SSSR count). The van der Waals surface area contributed by atoms with Crippen molar-refractivity contribution in [3.63, 3.8) is 0 Å². The summed E-state index contributed by atoms with van der Waals surface area (Å²) in [5.41, 5.74) is 2.02. The molecular weight excluding hydrogens is 442 g/mol. The zero-order valence-corrected chi connectivity index (χ0v) is 19.1. The van der Waals surface area contributed by atoms with Crippen LogP contribution in [0.5, 0.6) is 0 Å². The predicted molar refractivity (Wildman–Crippen MR) is 128 cm³/mol. The molecule has 0 bridgehead atoms. The molecule has 1 atom stereocenters. The summed E-state index contributed by atoms with van der Waals surface area (Å²) in [4.78, 5) is 30.4. The molecule has 33 heavy (non-hydrogen) atoms. The minimum atomic E-state index is -1.01. The zero-order chi connectivity index (χ0) is 23.1. The lowest BCUT2D eigenvalue weighted by Gasteiger charge is -2.26. The molecule has 0 radical (unpaired) electrons. The van der Waals surface area contributed by atoms with Crippen LogP contribution >= 0.6 is 11.6 Å². The van der Waals surface area contributed by atoms with Gasteiger partial charge in [-0.25, -0.2) is 9.78 Å². The molecule has 1 aliphatic heterocycles. The van der Waals surface area contributed by atoms with Gasteiger partial charge in [0.2, 0.25) is 0 Å². The van der Waals surface area contributed by atoms with Gasteiger partial charge in [0.25, 0.3) is 5.56 Å². The van der Waals surface area contributed by atoms with Crippen LogP contribution in [-0.4, -0.2) is 33.8 Å². The molecule has 2 N–H and O–H groups in total. The third-order valence-electron chi connectivity index (χ3n) is 6.52. The van der Waals surface area contributed by atoms with Gasteiger partial charge in [0, 0.05) is 41.4 Å². The molecule has 2 aromatic carbocycles. The number of fused-ring (bicyclic) bond motifs is 1. The van der Waals surface area contributed by atoms with Gasteiger partial charge < -0.3 is 15.2 Å². The maximum Gasteiger partial charge on any atom is 0.337 e. The second-order valence-corrected chi connectivity index (χ2v) is 9.31. The first-order valence-electron chi connectivity index (χ1n) is 11.4. The predicted octanol–water partition coefficient (Wildman–Crippen LogP) is 5.15. The number of carbonyl (C=O) groups is 1.